The van der Waals surface area contributed by atoms with E-state index in [9.17, 15) is 35.9 Å². The first-order chi connectivity index (χ1) is 45.1. The Hall–Kier alpha value is -10.1. The lowest BCUT2D eigenvalue weighted by Crippen LogP contribution is -2.46. The van der Waals surface area contributed by atoms with E-state index in [2.05, 4.69) is 57.1 Å². The lowest BCUT2D eigenvalue weighted by atomic mass is 9.97. The zero-order valence-corrected chi connectivity index (χ0v) is 53.3. The van der Waals surface area contributed by atoms with E-state index in [-0.39, 0.29) is 57.1 Å². The topological polar surface area (TPSA) is 191 Å². The third-order valence-corrected chi connectivity index (χ3v) is 18.8. The van der Waals surface area contributed by atoms with Gasteiger partial charge in [0, 0.05) is 78.4 Å². The van der Waals surface area contributed by atoms with Gasteiger partial charge in [0.15, 0.2) is 11.6 Å². The summed E-state index contributed by atoms with van der Waals surface area (Å²) in [7, 11) is 0. The van der Waals surface area contributed by atoms with E-state index in [1.807, 2.05) is 103 Å². The van der Waals surface area contributed by atoms with Gasteiger partial charge in [0.1, 0.15) is 23.4 Å². The molecular weight excluding hydrogens is 1350 g/mol. The summed E-state index contributed by atoms with van der Waals surface area (Å²) in [5.41, 5.74) is 6.44. The summed E-state index contributed by atoms with van der Waals surface area (Å²) in [5.74, 6) is 0.501. The minimum absolute atomic E-state index is 0.0812. The minimum atomic E-state index is -4.71. The number of amides is 2. The zero-order valence-electron chi connectivity index (χ0n) is 50.1. The minimum Gasteiger partial charge on any atom is -0.330 e. The molecule has 94 heavy (non-hydrogen) atoms. The molecule has 6 aromatic heterocycles. The summed E-state index contributed by atoms with van der Waals surface area (Å²) in [5, 5.41) is 22.6. The highest BCUT2D eigenvalue weighted by atomic mass is 79.9. The number of fused-ring (bicyclic) bond motifs is 6. The van der Waals surface area contributed by atoms with Crippen LogP contribution in [0.15, 0.2) is 177 Å². The van der Waals surface area contributed by atoms with Gasteiger partial charge >= 0.3 is 12.4 Å². The standard InChI is InChI=1S/C68H52Br2F6N14O4/c1-37-25-51-58(35-85(37)64(92)46-18-24-56(70)54(30-46)68(74,75)76)90-62(87(65(51)93)49-19-13-43(14-20-49)59-81-39(3)82-83-59)48(32-79-90)28-41-9-11-42(12-10-41)33-86-60(77-36-80-86)44-15-21-50(22-16-44)88-61-47(27-40-7-5-4-6-8-40)31-78-89(61)57-34-84(38(2)26-52(57)66(88)94)63(91)45-17-23-55(69)53(29-45)67(71,72)73/h4-24,29-32,36-38H,25-28,33-35H2,1-3H3,(H,81,82,83). The molecule has 26 heteroatoms. The average molecular weight is 1400 g/mol. The van der Waals surface area contributed by atoms with Gasteiger partial charge in [-0.3, -0.25) is 28.3 Å². The predicted octanol–water partition coefficient (Wildman–Crippen LogP) is 12.6. The fourth-order valence-electron chi connectivity index (χ4n) is 12.7. The number of benzene rings is 6. The number of H-pyrrole nitrogens is 1. The summed E-state index contributed by atoms with van der Waals surface area (Å²) in [6.07, 6.45) is -3.61. The molecule has 2 unspecified atom stereocenters. The zero-order chi connectivity index (χ0) is 65.6. The van der Waals surface area contributed by atoms with Crippen molar-refractivity contribution in [1.82, 2.24) is 68.1 Å². The van der Waals surface area contributed by atoms with Crippen molar-refractivity contribution >= 4 is 55.0 Å². The Morgan fingerprint density at radius 3 is 1.51 bits per heavy atom. The second kappa shape index (κ2) is 23.8. The SMILES string of the molecule is Cc1nnc(-c2ccc(-n3c(=O)c4c(n5ncc(Cc6ccc(Cn7ncnc7-c7ccc(-n8c(=O)c9c(n%10ncc(Cc%11ccccc%11)c8%10)CN(C(=O)c8ccc(Br)c(C(F)(F)F)c8)C(C)C9)cc7)cc6)c35)CN(C(=O)c3ccc(Br)c(C(F)(F)F)c3)C(C)C4)cc2)[nH]1. The van der Waals surface area contributed by atoms with E-state index in [4.69, 9.17) is 10.2 Å². The molecule has 0 spiro atoms. The molecule has 18 nitrogen and oxygen atoms in total. The molecule has 2 aliphatic rings. The van der Waals surface area contributed by atoms with E-state index in [1.165, 1.54) is 40.4 Å². The van der Waals surface area contributed by atoms with Crippen molar-refractivity contribution in [3.05, 3.63) is 266 Å². The summed E-state index contributed by atoms with van der Waals surface area (Å²) < 4.78 is 92.0. The van der Waals surface area contributed by atoms with Crippen molar-refractivity contribution in [2.75, 3.05) is 0 Å². The molecule has 0 fully saturated rings. The van der Waals surface area contributed by atoms with Crippen molar-refractivity contribution in [2.45, 2.75) is 90.5 Å². The molecule has 0 bridgehead atoms. The van der Waals surface area contributed by atoms with Crippen LogP contribution in [-0.4, -0.2) is 92.0 Å². The molecule has 2 amide bonds. The van der Waals surface area contributed by atoms with E-state index in [0.717, 1.165) is 39.9 Å². The first-order valence-corrected chi connectivity index (χ1v) is 31.4. The van der Waals surface area contributed by atoms with Gasteiger partial charge in [-0.1, -0.05) is 86.5 Å². The number of hydrogen-bond acceptors (Lipinski definition) is 10. The highest BCUT2D eigenvalue weighted by Gasteiger charge is 2.39. The maximum absolute atomic E-state index is 15.1. The fraction of sp³-hybridized carbons (Fsp3) is 0.206. The highest BCUT2D eigenvalue weighted by Crippen LogP contribution is 2.39. The Morgan fingerprint density at radius 2 is 1.04 bits per heavy atom. The van der Waals surface area contributed by atoms with Crippen LogP contribution < -0.4 is 11.1 Å². The molecule has 0 saturated carbocycles. The third kappa shape index (κ3) is 11.2. The first kappa shape index (κ1) is 61.4. The van der Waals surface area contributed by atoms with Crippen LogP contribution in [0.4, 0.5) is 26.3 Å². The van der Waals surface area contributed by atoms with Crippen molar-refractivity contribution in [3.8, 4) is 34.2 Å². The summed E-state index contributed by atoms with van der Waals surface area (Å²) in [6, 6.07) is 37.9. The van der Waals surface area contributed by atoms with Crippen molar-refractivity contribution < 1.29 is 35.9 Å². The second-order valence-corrected chi connectivity index (χ2v) is 25.3. The number of nitrogens with one attached hydrogen (secondary N) is 1. The summed E-state index contributed by atoms with van der Waals surface area (Å²) >= 11 is 5.95. The van der Waals surface area contributed by atoms with Gasteiger partial charge in [0.05, 0.1) is 65.9 Å². The van der Waals surface area contributed by atoms with Crippen LogP contribution in [0, 0.1) is 6.92 Å². The van der Waals surface area contributed by atoms with E-state index in [1.54, 1.807) is 56.0 Å². The van der Waals surface area contributed by atoms with Gasteiger partial charge in [0.25, 0.3) is 22.9 Å². The fourth-order valence-corrected chi connectivity index (χ4v) is 13.6. The maximum atomic E-state index is 15.1. The number of aryl methyl sites for hydroxylation is 1. The summed E-state index contributed by atoms with van der Waals surface area (Å²) in [4.78, 5) is 69.1. The molecule has 0 saturated heterocycles. The predicted molar refractivity (Wildman–Crippen MR) is 343 cm³/mol. The van der Waals surface area contributed by atoms with Crippen LogP contribution in [0.25, 0.3) is 45.4 Å². The molecular formula is C68H52Br2F6N14O4. The Morgan fingerprint density at radius 1 is 0.574 bits per heavy atom. The van der Waals surface area contributed by atoms with E-state index >= 15 is 9.59 Å². The molecule has 2 atom stereocenters. The second-order valence-electron chi connectivity index (χ2n) is 23.5. The van der Waals surface area contributed by atoms with Crippen molar-refractivity contribution in [3.63, 3.8) is 0 Å². The lowest BCUT2D eigenvalue weighted by molar-refractivity contribution is -0.139. The number of rotatable bonds is 12. The van der Waals surface area contributed by atoms with E-state index < -0.39 is 47.4 Å². The Labute approximate surface area is 547 Å². The Balaban J connectivity index is 0.751. The third-order valence-electron chi connectivity index (χ3n) is 17.4. The van der Waals surface area contributed by atoms with Gasteiger partial charge in [-0.2, -0.15) is 41.6 Å². The number of alkyl halides is 6. The largest absolute Gasteiger partial charge is 0.417 e. The van der Waals surface area contributed by atoms with Gasteiger partial charge in [0.2, 0.25) is 0 Å². The molecule has 14 rings (SSSR count). The number of carbonyl (C=O) groups is 2. The maximum Gasteiger partial charge on any atom is 0.417 e. The molecule has 474 valence electrons. The molecule has 0 aliphatic carbocycles. The number of hydrogen-bond donors (Lipinski definition) is 1. The summed E-state index contributed by atoms with van der Waals surface area (Å²) in [6.45, 7) is 5.46. The average Bonchev–Trinajstić information content (AvgIpc) is 1.41. The number of aromatic nitrogens is 12. The smallest absolute Gasteiger partial charge is 0.330 e. The van der Waals surface area contributed by atoms with Crippen LogP contribution in [-0.2, 0) is 57.7 Å². The number of aromatic amines is 1. The molecule has 1 N–H and O–H groups in total. The Kier molecular flexibility index (Phi) is 15.6. The van der Waals surface area contributed by atoms with Gasteiger partial charge in [-0.05, 0) is 135 Å². The monoisotopic (exact) mass is 1400 g/mol. The molecule has 0 radical (unpaired) electrons. The van der Waals surface area contributed by atoms with Crippen LogP contribution in [0.5, 0.6) is 0 Å². The molecule has 6 aromatic carbocycles. The van der Waals surface area contributed by atoms with Gasteiger partial charge in [-0.25, -0.2) is 18.7 Å². The molecule has 12 aromatic rings. The van der Waals surface area contributed by atoms with Crippen molar-refractivity contribution in [1.29, 1.82) is 0 Å². The Bertz CT molecular complexity index is 5110. The normalized spacial score (nSPS) is 15.1. The van der Waals surface area contributed by atoms with Crippen LogP contribution in [0.3, 0.4) is 0 Å². The quantitative estimate of drug-likeness (QED) is 0.115. The lowest BCUT2D eigenvalue weighted by Gasteiger charge is -2.35. The number of carbonyl (C=O) groups excluding carboxylic acids is 2. The van der Waals surface area contributed by atoms with Gasteiger partial charge < -0.3 is 14.8 Å². The number of halogens is 8. The van der Waals surface area contributed by atoms with E-state index in [0.29, 0.717) is 93.2 Å². The first-order valence-electron chi connectivity index (χ1n) is 29.8. The van der Waals surface area contributed by atoms with Crippen LogP contribution in [0.2, 0.25) is 0 Å². The highest BCUT2D eigenvalue weighted by molar-refractivity contribution is 9.10. The van der Waals surface area contributed by atoms with Gasteiger partial charge in [-0.15, -0.1) is 10.2 Å². The number of nitrogens with zero attached hydrogens (tertiary/aromatic N) is 13. The molecule has 2 aliphatic heterocycles. The van der Waals surface area contributed by atoms with Crippen LogP contribution >= 0.6 is 31.9 Å². The van der Waals surface area contributed by atoms with Crippen molar-refractivity contribution in [2.24, 2.45) is 0 Å². The molecule has 8 heterocycles. The van der Waals surface area contributed by atoms with Crippen LogP contribution in [0.1, 0.15) is 102 Å².